The maximum atomic E-state index is 11.2. The lowest BCUT2D eigenvalue weighted by molar-refractivity contribution is 0.112. The molecule has 0 fully saturated rings. The number of nitrogens with one attached hydrogen (secondary N) is 1. The Labute approximate surface area is 131 Å². The zero-order valence-electron chi connectivity index (χ0n) is 11.9. The zero-order chi connectivity index (χ0) is 16.4. The minimum atomic E-state index is -1.10. The summed E-state index contributed by atoms with van der Waals surface area (Å²) in [6, 6.07) is 10.4. The Morgan fingerprint density at radius 3 is 2.83 bits per heavy atom. The van der Waals surface area contributed by atoms with E-state index in [4.69, 9.17) is 9.52 Å². The van der Waals surface area contributed by atoms with Gasteiger partial charge in [-0.1, -0.05) is 18.2 Å². The molecule has 1 amide bonds. The molecule has 1 aromatic heterocycles. The molecule has 6 nitrogen and oxygen atoms in total. The number of aromatic hydroxyl groups is 1. The second-order valence-electron chi connectivity index (χ2n) is 5.00. The van der Waals surface area contributed by atoms with E-state index in [9.17, 15) is 14.7 Å². The molecule has 0 atom stereocenters. The summed E-state index contributed by atoms with van der Waals surface area (Å²) in [4.78, 5) is 21.8. The molecular weight excluding hydrogens is 298 g/mol. The molecule has 6 heteroatoms. The van der Waals surface area contributed by atoms with Crippen LogP contribution in [0.4, 0.5) is 4.79 Å². The zero-order valence-corrected chi connectivity index (χ0v) is 11.9. The molecular formula is C17H13NO5. The fourth-order valence-corrected chi connectivity index (χ4v) is 2.48. The van der Waals surface area contributed by atoms with E-state index < -0.39 is 6.09 Å². The molecule has 0 bridgehead atoms. The lowest BCUT2D eigenvalue weighted by atomic mass is 9.98. The molecule has 3 aromatic rings. The van der Waals surface area contributed by atoms with E-state index >= 15 is 0 Å². The first-order chi connectivity index (χ1) is 11.1. The van der Waals surface area contributed by atoms with Gasteiger partial charge >= 0.3 is 6.09 Å². The number of carboxylic acid groups (broad SMARTS) is 1. The lowest BCUT2D eigenvalue weighted by Gasteiger charge is -2.08. The van der Waals surface area contributed by atoms with Crippen LogP contribution in [0.5, 0.6) is 5.75 Å². The van der Waals surface area contributed by atoms with Gasteiger partial charge in [0.1, 0.15) is 11.3 Å². The number of hydrogen-bond donors (Lipinski definition) is 3. The number of fused-ring (bicyclic) bond motifs is 1. The highest BCUT2D eigenvalue weighted by atomic mass is 16.4. The summed E-state index contributed by atoms with van der Waals surface area (Å²) < 4.78 is 5.44. The number of phenols is 1. The molecule has 0 radical (unpaired) electrons. The van der Waals surface area contributed by atoms with Gasteiger partial charge in [-0.25, -0.2) is 4.79 Å². The fraction of sp³-hybridized carbons (Fsp3) is 0.0588. The third-order valence-electron chi connectivity index (χ3n) is 3.55. The molecule has 3 rings (SSSR count). The Balaban J connectivity index is 2.11. The summed E-state index contributed by atoms with van der Waals surface area (Å²) in [5, 5.41) is 21.5. The highest BCUT2D eigenvalue weighted by Crippen LogP contribution is 2.37. The second kappa shape index (κ2) is 5.84. The SMILES string of the molecule is O=Cc1cc(-c2cccc(CNC(=O)O)c2)c2occc2c1O. The standard InChI is InChI=1S/C17H13NO5/c19-9-12-7-14(16-13(15(12)20)4-5-23-16)11-3-1-2-10(6-11)8-18-17(21)22/h1-7,9,18,20H,8H2,(H,21,22). The van der Waals surface area contributed by atoms with E-state index in [1.807, 2.05) is 6.07 Å². The van der Waals surface area contributed by atoms with Gasteiger partial charge in [0.05, 0.1) is 17.2 Å². The molecule has 0 aliphatic rings. The molecule has 23 heavy (non-hydrogen) atoms. The summed E-state index contributed by atoms with van der Waals surface area (Å²) >= 11 is 0. The van der Waals surface area contributed by atoms with Crippen LogP contribution in [0.3, 0.4) is 0 Å². The number of aldehydes is 1. The first-order valence-corrected chi connectivity index (χ1v) is 6.84. The number of hydrogen-bond acceptors (Lipinski definition) is 4. The van der Waals surface area contributed by atoms with E-state index in [1.54, 1.807) is 30.3 Å². The van der Waals surface area contributed by atoms with Crippen LogP contribution in [0.2, 0.25) is 0 Å². The van der Waals surface area contributed by atoms with Gasteiger partial charge in [0.2, 0.25) is 0 Å². The fourth-order valence-electron chi connectivity index (χ4n) is 2.48. The van der Waals surface area contributed by atoms with E-state index in [1.165, 1.54) is 6.26 Å². The van der Waals surface area contributed by atoms with Crippen molar-refractivity contribution in [1.29, 1.82) is 0 Å². The van der Waals surface area contributed by atoms with E-state index in [-0.39, 0.29) is 17.9 Å². The molecule has 0 aliphatic carbocycles. The van der Waals surface area contributed by atoms with Crippen molar-refractivity contribution in [2.75, 3.05) is 0 Å². The number of rotatable bonds is 4. The Kier molecular flexibility index (Phi) is 3.72. The van der Waals surface area contributed by atoms with E-state index in [2.05, 4.69) is 5.32 Å². The summed E-state index contributed by atoms with van der Waals surface area (Å²) in [7, 11) is 0. The second-order valence-corrected chi connectivity index (χ2v) is 5.00. The largest absolute Gasteiger partial charge is 0.506 e. The van der Waals surface area contributed by atoms with Crippen LogP contribution in [-0.4, -0.2) is 22.6 Å². The Morgan fingerprint density at radius 2 is 2.09 bits per heavy atom. The van der Waals surface area contributed by atoms with Gasteiger partial charge in [0, 0.05) is 12.1 Å². The molecule has 0 aliphatic heterocycles. The third-order valence-corrected chi connectivity index (χ3v) is 3.55. The molecule has 0 unspecified atom stereocenters. The van der Waals surface area contributed by atoms with Crippen LogP contribution < -0.4 is 5.32 Å². The van der Waals surface area contributed by atoms with Crippen molar-refractivity contribution >= 4 is 23.3 Å². The molecule has 0 saturated carbocycles. The summed E-state index contributed by atoms with van der Waals surface area (Å²) in [6.07, 6.45) is 0.927. The van der Waals surface area contributed by atoms with Crippen LogP contribution in [0, 0.1) is 0 Å². The highest BCUT2D eigenvalue weighted by Gasteiger charge is 2.15. The van der Waals surface area contributed by atoms with Crippen molar-refractivity contribution in [2.24, 2.45) is 0 Å². The Bertz CT molecular complexity index is 897. The minimum Gasteiger partial charge on any atom is -0.506 e. The summed E-state index contributed by atoms with van der Waals surface area (Å²) in [6.45, 7) is 0.170. The average molecular weight is 311 g/mol. The molecule has 116 valence electrons. The van der Waals surface area contributed by atoms with Gasteiger partial charge in [-0.3, -0.25) is 4.79 Å². The van der Waals surface area contributed by atoms with Crippen molar-refractivity contribution in [3.63, 3.8) is 0 Å². The number of amides is 1. The van der Waals surface area contributed by atoms with Crippen molar-refractivity contribution in [1.82, 2.24) is 5.32 Å². The average Bonchev–Trinajstić information content (AvgIpc) is 3.04. The van der Waals surface area contributed by atoms with Gasteiger partial charge in [-0.2, -0.15) is 0 Å². The Morgan fingerprint density at radius 1 is 1.26 bits per heavy atom. The predicted octanol–water partition coefficient (Wildman–Crippen LogP) is 3.39. The smallest absolute Gasteiger partial charge is 0.404 e. The summed E-state index contributed by atoms with van der Waals surface area (Å²) in [5.74, 6) is -0.115. The van der Waals surface area contributed by atoms with Crippen molar-refractivity contribution in [3.05, 3.63) is 53.8 Å². The van der Waals surface area contributed by atoms with Crippen LogP contribution in [0.15, 0.2) is 47.1 Å². The maximum absolute atomic E-state index is 11.2. The van der Waals surface area contributed by atoms with Gasteiger partial charge in [-0.05, 0) is 29.3 Å². The summed E-state index contributed by atoms with van der Waals surface area (Å²) in [5.41, 5.74) is 2.82. The molecule has 0 spiro atoms. The molecule has 1 heterocycles. The molecule has 0 saturated heterocycles. The predicted molar refractivity (Wildman–Crippen MR) is 83.6 cm³/mol. The number of carbonyl (C=O) groups is 2. The third kappa shape index (κ3) is 2.74. The first kappa shape index (κ1) is 14.6. The minimum absolute atomic E-state index is 0.115. The highest BCUT2D eigenvalue weighted by molar-refractivity contribution is 6.02. The monoisotopic (exact) mass is 311 g/mol. The van der Waals surface area contributed by atoms with Crippen LogP contribution >= 0.6 is 0 Å². The number of benzene rings is 2. The van der Waals surface area contributed by atoms with Crippen molar-refractivity contribution in [2.45, 2.75) is 6.54 Å². The van der Waals surface area contributed by atoms with Gasteiger partial charge < -0.3 is 19.9 Å². The maximum Gasteiger partial charge on any atom is 0.404 e. The van der Waals surface area contributed by atoms with E-state index in [0.717, 1.165) is 11.1 Å². The van der Waals surface area contributed by atoms with Crippen molar-refractivity contribution in [3.8, 4) is 16.9 Å². The lowest BCUT2D eigenvalue weighted by Crippen LogP contribution is -2.19. The Hall–Kier alpha value is -3.28. The van der Waals surface area contributed by atoms with Gasteiger partial charge in [-0.15, -0.1) is 0 Å². The quantitative estimate of drug-likeness (QED) is 0.641. The number of phenolic OH excluding ortho intramolecular Hbond substituents is 1. The number of furan rings is 1. The van der Waals surface area contributed by atoms with Crippen LogP contribution in [-0.2, 0) is 6.54 Å². The van der Waals surface area contributed by atoms with Gasteiger partial charge in [0.15, 0.2) is 6.29 Å². The normalized spacial score (nSPS) is 10.6. The van der Waals surface area contributed by atoms with E-state index in [0.29, 0.717) is 22.8 Å². The van der Waals surface area contributed by atoms with Crippen LogP contribution in [0.1, 0.15) is 15.9 Å². The van der Waals surface area contributed by atoms with Gasteiger partial charge in [0.25, 0.3) is 0 Å². The molecule has 3 N–H and O–H groups in total. The van der Waals surface area contributed by atoms with Crippen molar-refractivity contribution < 1.29 is 24.2 Å². The topological polar surface area (TPSA) is 99.8 Å². The number of carbonyl (C=O) groups excluding carboxylic acids is 1. The first-order valence-electron chi connectivity index (χ1n) is 6.84. The molecule has 2 aromatic carbocycles. The van der Waals surface area contributed by atoms with Crippen LogP contribution in [0.25, 0.3) is 22.1 Å².